The lowest BCUT2D eigenvalue weighted by Crippen LogP contribution is -1.92. The molecule has 6 heteroatoms. The van der Waals surface area contributed by atoms with Crippen molar-refractivity contribution in [1.29, 1.82) is 0 Å². The summed E-state index contributed by atoms with van der Waals surface area (Å²) in [4.78, 5) is 12.0. The second kappa shape index (κ2) is 10.6. The van der Waals surface area contributed by atoms with Crippen molar-refractivity contribution in [2.24, 2.45) is 0 Å². The summed E-state index contributed by atoms with van der Waals surface area (Å²) < 4.78 is 10.6. The van der Waals surface area contributed by atoms with Crippen molar-refractivity contribution in [3.8, 4) is 23.0 Å². The van der Waals surface area contributed by atoms with E-state index in [4.69, 9.17) is 9.47 Å². The monoisotopic (exact) mass is 396 g/mol. The Hall–Kier alpha value is -3.67. The normalized spacial score (nSPS) is 11.9. The molecule has 0 spiro atoms. The number of hydrogen-bond acceptors (Lipinski definition) is 6. The van der Waals surface area contributed by atoms with Gasteiger partial charge in [0.05, 0.1) is 13.2 Å². The van der Waals surface area contributed by atoms with Gasteiger partial charge in [0.2, 0.25) is 0 Å². The summed E-state index contributed by atoms with van der Waals surface area (Å²) in [6.07, 6.45) is 6.92. The summed E-state index contributed by atoms with van der Waals surface area (Å²) in [7, 11) is 0. The van der Waals surface area contributed by atoms with Crippen LogP contribution in [0.5, 0.6) is 23.0 Å². The average Bonchev–Trinajstić information content (AvgIpc) is 2.69. The van der Waals surface area contributed by atoms with Gasteiger partial charge in [-0.15, -0.1) is 0 Å². The topological polar surface area (TPSA) is 96.2 Å². The highest BCUT2D eigenvalue weighted by molar-refractivity contribution is 6.02. The summed E-state index contributed by atoms with van der Waals surface area (Å²) in [6.45, 7) is 4.45. The first kappa shape index (κ1) is 21.6. The second-order valence-electron chi connectivity index (χ2n) is 5.96. The largest absolute Gasteiger partial charge is 0.508 e. The molecule has 0 aliphatic carbocycles. The molecule has 3 N–H and O–H groups in total. The van der Waals surface area contributed by atoms with Crippen LogP contribution in [0.1, 0.15) is 25.0 Å². The van der Waals surface area contributed by atoms with Crippen LogP contribution in [0.25, 0.3) is 12.2 Å². The molecular weight excluding hydrogens is 372 g/mol. The van der Waals surface area contributed by atoms with E-state index in [-0.39, 0.29) is 17.3 Å². The third-order valence-corrected chi connectivity index (χ3v) is 3.74. The predicted molar refractivity (Wildman–Crippen MR) is 112 cm³/mol. The fraction of sp³-hybridized carbons (Fsp3) is 0.174. The van der Waals surface area contributed by atoms with Crippen molar-refractivity contribution < 1.29 is 29.6 Å². The molecule has 0 bridgehead atoms. The molecule has 0 saturated heterocycles. The Bertz CT molecular complexity index is 940. The molecule has 6 nitrogen and oxygen atoms in total. The van der Waals surface area contributed by atoms with Gasteiger partial charge in [0.25, 0.3) is 0 Å². The Morgan fingerprint density at radius 1 is 0.862 bits per heavy atom. The lowest BCUT2D eigenvalue weighted by Gasteiger charge is -2.06. The quantitative estimate of drug-likeness (QED) is 0.325. The molecule has 0 aromatic heterocycles. The van der Waals surface area contributed by atoms with Crippen molar-refractivity contribution in [2.75, 3.05) is 13.2 Å². The Kier molecular flexibility index (Phi) is 7.91. The van der Waals surface area contributed by atoms with E-state index in [0.29, 0.717) is 35.8 Å². The molecule has 0 radical (unpaired) electrons. The van der Waals surface area contributed by atoms with E-state index < -0.39 is 5.78 Å². The van der Waals surface area contributed by atoms with Gasteiger partial charge in [-0.25, -0.2) is 0 Å². The minimum Gasteiger partial charge on any atom is -0.508 e. The summed E-state index contributed by atoms with van der Waals surface area (Å²) in [6, 6.07) is 9.53. The van der Waals surface area contributed by atoms with Gasteiger partial charge >= 0.3 is 0 Å². The van der Waals surface area contributed by atoms with E-state index in [1.165, 1.54) is 24.3 Å². The standard InChI is InChI=1S/C23H24O6/c1-3-28-22-13-16(7-11-20(22)26)5-9-18(24)15-19(25)10-6-17-8-12-21(27)23(14-17)29-4-2/h5-15,24,26-27H,3-4H2,1-2H3/b9-5+,10-6+,18-15-. The number of carbonyl (C=O) groups excluding carboxylic acids is 1. The lowest BCUT2D eigenvalue weighted by molar-refractivity contribution is -0.110. The highest BCUT2D eigenvalue weighted by atomic mass is 16.5. The number of ether oxygens (including phenoxy) is 2. The minimum atomic E-state index is -0.404. The van der Waals surface area contributed by atoms with Crippen molar-refractivity contribution in [3.63, 3.8) is 0 Å². The molecule has 0 saturated carbocycles. The highest BCUT2D eigenvalue weighted by Gasteiger charge is 2.03. The van der Waals surface area contributed by atoms with Crippen LogP contribution in [0.4, 0.5) is 0 Å². The van der Waals surface area contributed by atoms with Crippen LogP contribution in [-0.4, -0.2) is 34.3 Å². The molecule has 29 heavy (non-hydrogen) atoms. The molecule has 0 aliphatic rings. The van der Waals surface area contributed by atoms with Crippen LogP contribution in [0, 0.1) is 0 Å². The number of allylic oxidation sites excluding steroid dienone is 3. The number of ketones is 1. The molecule has 2 rings (SSSR count). The Morgan fingerprint density at radius 2 is 1.34 bits per heavy atom. The van der Waals surface area contributed by atoms with Gasteiger partial charge in [-0.3, -0.25) is 4.79 Å². The van der Waals surface area contributed by atoms with E-state index in [1.807, 2.05) is 13.8 Å². The van der Waals surface area contributed by atoms with Gasteiger partial charge in [0.15, 0.2) is 28.8 Å². The number of aromatic hydroxyl groups is 2. The van der Waals surface area contributed by atoms with Gasteiger partial charge < -0.3 is 24.8 Å². The van der Waals surface area contributed by atoms with Crippen LogP contribution in [-0.2, 0) is 4.79 Å². The SMILES string of the molecule is CCOc1cc(/C=C/C(=O)/C=C(O)/C=C/c2ccc(O)c(OCC)c2)ccc1O. The molecule has 0 unspecified atom stereocenters. The van der Waals surface area contributed by atoms with Crippen LogP contribution in [0.3, 0.4) is 0 Å². The Balaban J connectivity index is 2.05. The summed E-state index contributed by atoms with van der Waals surface area (Å²) in [5.41, 5.74) is 1.37. The maximum atomic E-state index is 12.0. The number of hydrogen-bond donors (Lipinski definition) is 3. The molecule has 0 heterocycles. The number of phenolic OH excluding ortho intramolecular Hbond substituents is 2. The molecule has 0 fully saturated rings. The number of aliphatic hydroxyl groups is 1. The fourth-order valence-corrected chi connectivity index (χ4v) is 2.41. The zero-order chi connectivity index (χ0) is 21.2. The van der Waals surface area contributed by atoms with E-state index >= 15 is 0 Å². The Morgan fingerprint density at radius 3 is 1.83 bits per heavy atom. The van der Waals surface area contributed by atoms with Gasteiger partial charge in [0.1, 0.15) is 5.76 Å². The molecule has 2 aromatic rings. The third kappa shape index (κ3) is 6.77. The van der Waals surface area contributed by atoms with Crippen molar-refractivity contribution in [2.45, 2.75) is 13.8 Å². The van der Waals surface area contributed by atoms with E-state index in [9.17, 15) is 20.1 Å². The number of benzene rings is 2. The smallest absolute Gasteiger partial charge is 0.182 e. The zero-order valence-electron chi connectivity index (χ0n) is 16.3. The minimum absolute atomic E-state index is 0.0275. The maximum absolute atomic E-state index is 12.0. The first-order valence-corrected chi connectivity index (χ1v) is 9.15. The second-order valence-corrected chi connectivity index (χ2v) is 5.96. The van der Waals surface area contributed by atoms with Gasteiger partial charge in [-0.2, -0.15) is 0 Å². The van der Waals surface area contributed by atoms with E-state index in [2.05, 4.69) is 0 Å². The van der Waals surface area contributed by atoms with Crippen molar-refractivity contribution in [3.05, 3.63) is 71.5 Å². The number of rotatable bonds is 9. The molecule has 0 aliphatic heterocycles. The van der Waals surface area contributed by atoms with Crippen LogP contribution >= 0.6 is 0 Å². The van der Waals surface area contributed by atoms with Gasteiger partial charge in [-0.05, 0) is 61.4 Å². The molecule has 152 valence electrons. The Labute approximate surface area is 169 Å². The van der Waals surface area contributed by atoms with Crippen LogP contribution in [0.2, 0.25) is 0 Å². The number of carbonyl (C=O) groups is 1. The summed E-state index contributed by atoms with van der Waals surface area (Å²) in [5.74, 6) is 0.122. The first-order chi connectivity index (χ1) is 13.9. The molecule has 2 aromatic carbocycles. The number of phenols is 2. The number of aliphatic hydroxyl groups excluding tert-OH is 1. The fourth-order valence-electron chi connectivity index (χ4n) is 2.41. The first-order valence-electron chi connectivity index (χ1n) is 9.15. The maximum Gasteiger partial charge on any atom is 0.182 e. The van der Waals surface area contributed by atoms with Gasteiger partial charge in [0, 0.05) is 6.08 Å². The van der Waals surface area contributed by atoms with Crippen molar-refractivity contribution in [1.82, 2.24) is 0 Å². The zero-order valence-corrected chi connectivity index (χ0v) is 16.3. The third-order valence-electron chi connectivity index (χ3n) is 3.74. The summed E-state index contributed by atoms with van der Waals surface area (Å²) >= 11 is 0. The lowest BCUT2D eigenvalue weighted by atomic mass is 10.1. The van der Waals surface area contributed by atoms with Crippen molar-refractivity contribution >= 4 is 17.9 Å². The highest BCUT2D eigenvalue weighted by Crippen LogP contribution is 2.28. The molecule has 0 atom stereocenters. The summed E-state index contributed by atoms with van der Waals surface area (Å²) in [5, 5.41) is 29.3. The van der Waals surface area contributed by atoms with Gasteiger partial charge in [-0.1, -0.05) is 24.3 Å². The predicted octanol–water partition coefficient (Wildman–Crippen LogP) is 4.63. The average molecular weight is 396 g/mol. The molecular formula is C23H24O6. The van der Waals surface area contributed by atoms with E-state index in [1.54, 1.807) is 36.4 Å². The van der Waals surface area contributed by atoms with Crippen LogP contribution in [0.15, 0.2) is 60.4 Å². The molecule has 0 amide bonds. The van der Waals surface area contributed by atoms with Crippen LogP contribution < -0.4 is 9.47 Å². The van der Waals surface area contributed by atoms with E-state index in [0.717, 1.165) is 6.08 Å².